The lowest BCUT2D eigenvalue weighted by atomic mass is 9.90. The maximum absolute atomic E-state index is 13.4. The van der Waals surface area contributed by atoms with Gasteiger partial charge in [0.05, 0.1) is 0 Å². The van der Waals surface area contributed by atoms with Gasteiger partial charge in [-0.15, -0.1) is 0 Å². The molecule has 2 atom stereocenters. The summed E-state index contributed by atoms with van der Waals surface area (Å²) in [6.07, 6.45) is 2.18. The standard InChI is InChI=1S/C20H30FN3O/c1-14(2)20(25)24-10-8-23(9-11-24)17-6-7-22-19(13-17)18-5-4-16(21)12-15(18)3/h4-5,12,14,17,19,22H,6-11,13H2,1-3H3. The number of piperazine rings is 1. The fourth-order valence-corrected chi connectivity index (χ4v) is 4.17. The van der Waals surface area contributed by atoms with Gasteiger partial charge in [0, 0.05) is 44.2 Å². The van der Waals surface area contributed by atoms with E-state index in [1.54, 1.807) is 12.1 Å². The third-order valence-electron chi connectivity index (χ3n) is 5.62. The maximum Gasteiger partial charge on any atom is 0.225 e. The van der Waals surface area contributed by atoms with E-state index in [1.165, 1.54) is 5.56 Å². The molecule has 1 aromatic rings. The number of nitrogens with one attached hydrogen (secondary N) is 1. The Kier molecular flexibility index (Phi) is 5.74. The summed E-state index contributed by atoms with van der Waals surface area (Å²) in [5, 5.41) is 3.59. The van der Waals surface area contributed by atoms with Gasteiger partial charge in [-0.3, -0.25) is 9.69 Å². The molecule has 138 valence electrons. The van der Waals surface area contributed by atoms with Crippen molar-refractivity contribution in [3.05, 3.63) is 35.1 Å². The Morgan fingerprint density at radius 2 is 1.96 bits per heavy atom. The lowest BCUT2D eigenvalue weighted by Crippen LogP contribution is -2.54. The Bertz CT molecular complexity index is 611. The summed E-state index contributed by atoms with van der Waals surface area (Å²) < 4.78 is 13.4. The molecule has 1 N–H and O–H groups in total. The van der Waals surface area contributed by atoms with Crippen LogP contribution in [0.2, 0.25) is 0 Å². The van der Waals surface area contributed by atoms with Gasteiger partial charge in [-0.25, -0.2) is 4.39 Å². The summed E-state index contributed by atoms with van der Waals surface area (Å²) in [4.78, 5) is 16.7. The van der Waals surface area contributed by atoms with Gasteiger partial charge in [0.1, 0.15) is 5.82 Å². The average molecular weight is 347 g/mol. The second-order valence-corrected chi connectivity index (χ2v) is 7.70. The lowest BCUT2D eigenvalue weighted by molar-refractivity contribution is -0.136. The van der Waals surface area contributed by atoms with E-state index in [4.69, 9.17) is 0 Å². The van der Waals surface area contributed by atoms with Crippen LogP contribution in [0, 0.1) is 18.7 Å². The minimum Gasteiger partial charge on any atom is -0.340 e. The minimum absolute atomic E-state index is 0.0799. The van der Waals surface area contributed by atoms with Crippen molar-refractivity contribution in [1.29, 1.82) is 0 Å². The van der Waals surface area contributed by atoms with Crippen molar-refractivity contribution in [3.63, 3.8) is 0 Å². The van der Waals surface area contributed by atoms with E-state index in [0.717, 1.165) is 51.1 Å². The third kappa shape index (κ3) is 4.21. The first kappa shape index (κ1) is 18.3. The summed E-state index contributed by atoms with van der Waals surface area (Å²) >= 11 is 0. The van der Waals surface area contributed by atoms with E-state index >= 15 is 0 Å². The number of hydrogen-bond donors (Lipinski definition) is 1. The van der Waals surface area contributed by atoms with Crippen LogP contribution < -0.4 is 5.32 Å². The Labute approximate surface area is 150 Å². The van der Waals surface area contributed by atoms with E-state index in [2.05, 4.69) is 10.2 Å². The predicted molar refractivity (Wildman–Crippen MR) is 97.9 cm³/mol. The van der Waals surface area contributed by atoms with E-state index in [-0.39, 0.29) is 23.7 Å². The van der Waals surface area contributed by atoms with Crippen LogP contribution in [0.15, 0.2) is 18.2 Å². The van der Waals surface area contributed by atoms with E-state index in [9.17, 15) is 9.18 Å². The zero-order valence-electron chi connectivity index (χ0n) is 15.6. The Morgan fingerprint density at radius 1 is 1.24 bits per heavy atom. The van der Waals surface area contributed by atoms with Gasteiger partial charge < -0.3 is 10.2 Å². The molecular formula is C20H30FN3O. The zero-order chi connectivity index (χ0) is 18.0. The molecule has 0 bridgehead atoms. The van der Waals surface area contributed by atoms with Crippen molar-refractivity contribution >= 4 is 5.91 Å². The van der Waals surface area contributed by atoms with Gasteiger partial charge >= 0.3 is 0 Å². The molecule has 25 heavy (non-hydrogen) atoms. The highest BCUT2D eigenvalue weighted by atomic mass is 19.1. The Morgan fingerprint density at radius 3 is 2.60 bits per heavy atom. The highest BCUT2D eigenvalue weighted by Crippen LogP contribution is 2.29. The summed E-state index contributed by atoms with van der Waals surface area (Å²) in [6.45, 7) is 10.5. The van der Waals surface area contributed by atoms with Gasteiger partial charge in [-0.05, 0) is 49.6 Å². The molecule has 0 aliphatic carbocycles. The van der Waals surface area contributed by atoms with Crippen molar-refractivity contribution < 1.29 is 9.18 Å². The number of carbonyl (C=O) groups excluding carboxylic acids is 1. The maximum atomic E-state index is 13.4. The average Bonchev–Trinajstić information content (AvgIpc) is 2.61. The number of carbonyl (C=O) groups is 1. The second-order valence-electron chi connectivity index (χ2n) is 7.70. The number of amides is 1. The Hall–Kier alpha value is -1.46. The molecule has 2 aliphatic rings. The van der Waals surface area contributed by atoms with Crippen molar-refractivity contribution in [1.82, 2.24) is 15.1 Å². The molecule has 0 aromatic heterocycles. The van der Waals surface area contributed by atoms with E-state index < -0.39 is 0 Å². The first-order valence-electron chi connectivity index (χ1n) is 9.48. The number of nitrogens with zero attached hydrogens (tertiary/aromatic N) is 2. The quantitative estimate of drug-likeness (QED) is 0.913. The molecule has 2 fully saturated rings. The van der Waals surface area contributed by atoms with Crippen LogP contribution in [-0.4, -0.2) is 54.5 Å². The van der Waals surface area contributed by atoms with Gasteiger partial charge in [0.2, 0.25) is 5.91 Å². The van der Waals surface area contributed by atoms with E-state index in [0.29, 0.717) is 6.04 Å². The number of aryl methyl sites for hydroxylation is 1. The molecule has 1 amide bonds. The molecule has 0 spiro atoms. The molecule has 1 aromatic carbocycles. The molecule has 2 saturated heterocycles. The SMILES string of the molecule is Cc1cc(F)ccc1C1CC(N2CCN(C(=O)C(C)C)CC2)CCN1. The van der Waals surface area contributed by atoms with Crippen molar-refractivity contribution in [3.8, 4) is 0 Å². The molecule has 2 unspecified atom stereocenters. The number of rotatable bonds is 3. The molecule has 4 nitrogen and oxygen atoms in total. The molecule has 0 radical (unpaired) electrons. The highest BCUT2D eigenvalue weighted by molar-refractivity contribution is 5.78. The van der Waals surface area contributed by atoms with Crippen molar-refractivity contribution in [2.24, 2.45) is 5.92 Å². The fraction of sp³-hybridized carbons (Fsp3) is 0.650. The van der Waals surface area contributed by atoms with Crippen LogP contribution in [0.4, 0.5) is 4.39 Å². The topological polar surface area (TPSA) is 35.6 Å². The first-order chi connectivity index (χ1) is 12.0. The summed E-state index contributed by atoms with van der Waals surface area (Å²) in [5.41, 5.74) is 2.23. The van der Waals surface area contributed by atoms with Gasteiger partial charge in [-0.2, -0.15) is 0 Å². The predicted octanol–water partition coefficient (Wildman–Crippen LogP) is 2.73. The molecule has 3 rings (SSSR count). The smallest absolute Gasteiger partial charge is 0.225 e. The number of benzene rings is 1. The van der Waals surface area contributed by atoms with Crippen molar-refractivity contribution in [2.75, 3.05) is 32.7 Å². The number of piperidine rings is 1. The molecule has 2 aliphatic heterocycles. The molecule has 5 heteroatoms. The van der Waals surface area contributed by atoms with Crippen LogP contribution in [-0.2, 0) is 4.79 Å². The highest BCUT2D eigenvalue weighted by Gasteiger charge is 2.31. The van der Waals surface area contributed by atoms with Crippen LogP contribution in [0.3, 0.4) is 0 Å². The zero-order valence-corrected chi connectivity index (χ0v) is 15.6. The van der Waals surface area contributed by atoms with Gasteiger partial charge in [-0.1, -0.05) is 19.9 Å². The van der Waals surface area contributed by atoms with Crippen LogP contribution in [0.5, 0.6) is 0 Å². The number of hydrogen-bond acceptors (Lipinski definition) is 3. The van der Waals surface area contributed by atoms with Crippen LogP contribution in [0.1, 0.15) is 43.9 Å². The summed E-state index contributed by atoms with van der Waals surface area (Å²) in [7, 11) is 0. The van der Waals surface area contributed by atoms with Crippen LogP contribution in [0.25, 0.3) is 0 Å². The largest absolute Gasteiger partial charge is 0.340 e. The summed E-state index contributed by atoms with van der Waals surface area (Å²) in [5.74, 6) is 0.181. The van der Waals surface area contributed by atoms with Crippen LogP contribution >= 0.6 is 0 Å². The molecule has 0 saturated carbocycles. The van der Waals surface area contributed by atoms with Crippen molar-refractivity contribution in [2.45, 2.75) is 45.7 Å². The van der Waals surface area contributed by atoms with Gasteiger partial charge in [0.15, 0.2) is 0 Å². The molecule has 2 heterocycles. The van der Waals surface area contributed by atoms with E-state index in [1.807, 2.05) is 31.7 Å². The minimum atomic E-state index is -0.167. The first-order valence-corrected chi connectivity index (χ1v) is 9.48. The lowest BCUT2D eigenvalue weighted by Gasteiger charge is -2.43. The van der Waals surface area contributed by atoms with Gasteiger partial charge in [0.25, 0.3) is 0 Å². The second kappa shape index (κ2) is 7.83. The summed E-state index contributed by atoms with van der Waals surface area (Å²) in [6, 6.07) is 5.92. The fourth-order valence-electron chi connectivity index (χ4n) is 4.17. The third-order valence-corrected chi connectivity index (χ3v) is 5.62. The Balaban J connectivity index is 1.60. The molecular weight excluding hydrogens is 317 g/mol. The number of halogens is 1. The normalized spacial score (nSPS) is 25.4. The monoisotopic (exact) mass is 347 g/mol.